The smallest absolute Gasteiger partial charge is 0.258 e. The van der Waals surface area contributed by atoms with Gasteiger partial charge in [-0.05, 0) is 13.8 Å². The molecule has 0 aliphatic heterocycles. The molecule has 0 amide bonds. The van der Waals surface area contributed by atoms with E-state index in [0.717, 1.165) is 0 Å². The van der Waals surface area contributed by atoms with E-state index >= 15 is 0 Å². The summed E-state index contributed by atoms with van der Waals surface area (Å²) in [6.07, 6.45) is 0. The fourth-order valence-corrected chi connectivity index (χ4v) is 1.37. The summed E-state index contributed by atoms with van der Waals surface area (Å²) < 4.78 is 0. The summed E-state index contributed by atoms with van der Waals surface area (Å²) in [7, 11) is 0. The Kier molecular flexibility index (Phi) is 3.64. The Morgan fingerprint density at radius 1 is 1.56 bits per heavy atom. The van der Waals surface area contributed by atoms with Crippen molar-refractivity contribution in [1.29, 1.82) is 5.26 Å². The van der Waals surface area contributed by atoms with Crippen LogP contribution in [-0.4, -0.2) is 4.92 Å². The highest BCUT2D eigenvalue weighted by atomic mass is 35.5. The van der Waals surface area contributed by atoms with Gasteiger partial charge in [0.1, 0.15) is 0 Å². The second-order valence-corrected chi connectivity index (χ2v) is 3.69. The second kappa shape index (κ2) is 4.77. The van der Waals surface area contributed by atoms with Crippen LogP contribution in [-0.2, 0) is 0 Å². The number of nitriles is 1. The maximum absolute atomic E-state index is 10.7. The van der Waals surface area contributed by atoms with Gasteiger partial charge in [0.05, 0.1) is 16.0 Å². The third-order valence-electron chi connectivity index (χ3n) is 2.16. The number of rotatable bonds is 2. The summed E-state index contributed by atoms with van der Waals surface area (Å²) in [5.41, 5.74) is 1.38. The van der Waals surface area contributed by atoms with E-state index in [1.807, 2.05) is 6.07 Å². The van der Waals surface area contributed by atoms with E-state index < -0.39 is 4.92 Å². The maximum atomic E-state index is 10.7. The number of nitro benzene ring substituents is 1. The predicted molar refractivity (Wildman–Crippen MR) is 61.9 cm³/mol. The summed E-state index contributed by atoms with van der Waals surface area (Å²) in [4.78, 5) is 10.2. The highest BCUT2D eigenvalue weighted by molar-refractivity contribution is 6.49. The van der Waals surface area contributed by atoms with Crippen molar-refractivity contribution in [2.75, 3.05) is 0 Å². The van der Waals surface area contributed by atoms with Gasteiger partial charge < -0.3 is 0 Å². The molecule has 82 valence electrons. The molecule has 1 rings (SSSR count). The second-order valence-electron chi connectivity index (χ2n) is 3.31. The van der Waals surface area contributed by atoms with Crippen LogP contribution in [0.1, 0.15) is 18.1 Å². The zero-order chi connectivity index (χ0) is 12.3. The lowest BCUT2D eigenvalue weighted by Gasteiger charge is -2.02. The van der Waals surface area contributed by atoms with E-state index in [2.05, 4.69) is 0 Å². The Balaban J connectivity index is 3.35. The molecule has 0 radical (unpaired) electrons. The normalized spacial score (nSPS) is 11.6. The fourth-order valence-electron chi connectivity index (χ4n) is 1.21. The van der Waals surface area contributed by atoms with Gasteiger partial charge in [0.15, 0.2) is 0 Å². The molecule has 0 saturated carbocycles. The fraction of sp³-hybridized carbons (Fsp3) is 0.182. The van der Waals surface area contributed by atoms with Gasteiger partial charge >= 0.3 is 0 Å². The first-order valence-corrected chi connectivity index (χ1v) is 4.87. The molecule has 0 unspecified atom stereocenters. The predicted octanol–water partition coefficient (Wildman–Crippen LogP) is 3.40. The molecule has 0 atom stereocenters. The topological polar surface area (TPSA) is 66.9 Å². The molecule has 0 heterocycles. The zero-order valence-corrected chi connectivity index (χ0v) is 9.58. The average Bonchev–Trinajstić information content (AvgIpc) is 2.27. The summed E-state index contributed by atoms with van der Waals surface area (Å²) in [5, 5.41) is 19.6. The van der Waals surface area contributed by atoms with E-state index in [1.54, 1.807) is 26.0 Å². The van der Waals surface area contributed by atoms with Gasteiger partial charge in [-0.2, -0.15) is 5.26 Å². The molecular weight excluding hydrogens is 228 g/mol. The molecule has 0 fully saturated rings. The van der Waals surface area contributed by atoms with Crippen molar-refractivity contribution in [2.45, 2.75) is 13.8 Å². The molecule has 0 spiro atoms. The van der Waals surface area contributed by atoms with E-state index in [-0.39, 0.29) is 10.7 Å². The van der Waals surface area contributed by atoms with Gasteiger partial charge in [-0.3, -0.25) is 10.1 Å². The number of hydrogen-bond donors (Lipinski definition) is 0. The number of aryl methyl sites for hydroxylation is 1. The standard InChI is InChI=1S/C11H9ClN2O2/c1-7-3-4-9(5-10(7)14(15)16)11(12)8(2)6-13/h3-5H,1-2H3. The molecule has 0 saturated heterocycles. The van der Waals surface area contributed by atoms with Crippen LogP contribution in [0.2, 0.25) is 0 Å². The molecule has 16 heavy (non-hydrogen) atoms. The van der Waals surface area contributed by atoms with Crippen molar-refractivity contribution in [1.82, 2.24) is 0 Å². The van der Waals surface area contributed by atoms with Crippen LogP contribution in [0.25, 0.3) is 5.03 Å². The number of allylic oxidation sites excluding steroid dienone is 1. The lowest BCUT2D eigenvalue weighted by Crippen LogP contribution is -1.93. The monoisotopic (exact) mass is 236 g/mol. The van der Waals surface area contributed by atoms with Gasteiger partial charge in [0.2, 0.25) is 0 Å². The van der Waals surface area contributed by atoms with Gasteiger partial charge in [-0.1, -0.05) is 23.7 Å². The van der Waals surface area contributed by atoms with Crippen LogP contribution in [0, 0.1) is 28.4 Å². The van der Waals surface area contributed by atoms with Gasteiger partial charge in [0.25, 0.3) is 5.69 Å². The highest BCUT2D eigenvalue weighted by Crippen LogP contribution is 2.28. The molecule has 4 nitrogen and oxygen atoms in total. The first-order valence-electron chi connectivity index (χ1n) is 4.49. The van der Waals surface area contributed by atoms with Crippen LogP contribution >= 0.6 is 11.6 Å². The van der Waals surface area contributed by atoms with E-state index in [4.69, 9.17) is 16.9 Å². The van der Waals surface area contributed by atoms with Crippen molar-refractivity contribution in [3.63, 3.8) is 0 Å². The average molecular weight is 237 g/mol. The number of nitro groups is 1. The van der Waals surface area contributed by atoms with Gasteiger partial charge in [0, 0.05) is 22.8 Å². The molecule has 0 aromatic heterocycles. The van der Waals surface area contributed by atoms with Gasteiger partial charge in [-0.25, -0.2) is 0 Å². The van der Waals surface area contributed by atoms with E-state index in [9.17, 15) is 10.1 Å². The molecule has 1 aromatic carbocycles. The lowest BCUT2D eigenvalue weighted by atomic mass is 10.1. The Bertz CT molecular complexity index is 515. The third-order valence-corrected chi connectivity index (χ3v) is 2.66. The molecule has 0 aliphatic carbocycles. The first-order chi connectivity index (χ1) is 7.47. The summed E-state index contributed by atoms with van der Waals surface area (Å²) in [5.74, 6) is 0. The van der Waals surface area contributed by atoms with Crippen LogP contribution in [0.3, 0.4) is 0 Å². The minimum absolute atomic E-state index is 0.00129. The summed E-state index contributed by atoms with van der Waals surface area (Å²) in [6.45, 7) is 3.21. The van der Waals surface area contributed by atoms with Crippen molar-refractivity contribution in [3.05, 3.63) is 45.0 Å². The first kappa shape index (κ1) is 12.2. The molecule has 0 N–H and O–H groups in total. The van der Waals surface area contributed by atoms with Crippen molar-refractivity contribution in [2.24, 2.45) is 0 Å². The minimum Gasteiger partial charge on any atom is -0.258 e. The Morgan fingerprint density at radius 2 is 2.19 bits per heavy atom. The summed E-state index contributed by atoms with van der Waals surface area (Å²) >= 11 is 5.92. The van der Waals surface area contributed by atoms with Crippen LogP contribution in [0.15, 0.2) is 23.8 Å². The van der Waals surface area contributed by atoms with Crippen LogP contribution in [0.5, 0.6) is 0 Å². The molecule has 1 aromatic rings. The molecule has 5 heteroatoms. The van der Waals surface area contributed by atoms with E-state index in [1.165, 1.54) is 6.07 Å². The number of halogens is 1. The van der Waals surface area contributed by atoms with Crippen LogP contribution < -0.4 is 0 Å². The molecule has 0 aliphatic rings. The van der Waals surface area contributed by atoms with E-state index in [0.29, 0.717) is 16.7 Å². The quantitative estimate of drug-likeness (QED) is 0.449. The van der Waals surface area contributed by atoms with Gasteiger partial charge in [-0.15, -0.1) is 0 Å². The molecular formula is C11H9ClN2O2. The largest absolute Gasteiger partial charge is 0.272 e. The van der Waals surface area contributed by atoms with Crippen molar-refractivity contribution >= 4 is 22.3 Å². The lowest BCUT2D eigenvalue weighted by molar-refractivity contribution is -0.385. The van der Waals surface area contributed by atoms with Crippen molar-refractivity contribution < 1.29 is 4.92 Å². The minimum atomic E-state index is -0.468. The Labute approximate surface area is 97.9 Å². The Morgan fingerprint density at radius 3 is 2.69 bits per heavy atom. The van der Waals surface area contributed by atoms with Crippen LogP contribution in [0.4, 0.5) is 5.69 Å². The highest BCUT2D eigenvalue weighted by Gasteiger charge is 2.13. The van der Waals surface area contributed by atoms with Crippen molar-refractivity contribution in [3.8, 4) is 6.07 Å². The number of hydrogen-bond acceptors (Lipinski definition) is 3. The maximum Gasteiger partial charge on any atom is 0.272 e. The SMILES string of the molecule is CC(C#N)=C(Cl)c1ccc(C)c([N+](=O)[O-])c1. The third kappa shape index (κ3) is 2.38. The Hall–Kier alpha value is -1.86. The molecule has 0 bridgehead atoms. The zero-order valence-electron chi connectivity index (χ0n) is 8.82. The number of nitrogens with zero attached hydrogens (tertiary/aromatic N) is 2. The number of benzene rings is 1. The summed E-state index contributed by atoms with van der Waals surface area (Å²) in [6, 6.07) is 6.55.